The molecule has 6 bridgehead atoms. The van der Waals surface area contributed by atoms with E-state index in [1.807, 2.05) is 36.8 Å². The molecule has 0 saturated heterocycles. The van der Waals surface area contributed by atoms with Crippen LogP contribution in [0.3, 0.4) is 0 Å². The lowest BCUT2D eigenvalue weighted by Gasteiger charge is -2.61. The second-order valence-corrected chi connectivity index (χ2v) is 24.1. The monoisotopic (exact) mass is 907 g/mol. The predicted octanol–water partition coefficient (Wildman–Crippen LogP) is 14.4. The van der Waals surface area contributed by atoms with Gasteiger partial charge in [-0.3, -0.25) is 29.9 Å². The summed E-state index contributed by atoms with van der Waals surface area (Å²) in [6, 6.07) is 25.7. The van der Waals surface area contributed by atoms with E-state index in [4.69, 9.17) is 29.9 Å². The van der Waals surface area contributed by atoms with Crippen molar-refractivity contribution < 1.29 is 0 Å². The molecule has 69 heavy (non-hydrogen) atoms. The van der Waals surface area contributed by atoms with Crippen LogP contribution in [0.25, 0.3) is 34.2 Å². The zero-order valence-corrected chi connectivity index (χ0v) is 42.0. The summed E-state index contributed by atoms with van der Waals surface area (Å²) in [7, 11) is 0. The fourth-order valence-electron chi connectivity index (χ4n) is 16.1. The first-order valence-corrected chi connectivity index (χ1v) is 26.1. The molecule has 6 heterocycles. The van der Waals surface area contributed by atoms with Crippen LogP contribution in [0.5, 0.6) is 0 Å². The summed E-state index contributed by atoms with van der Waals surface area (Å²) in [4.78, 5) is 29.7. The summed E-state index contributed by atoms with van der Waals surface area (Å²) in [6.07, 6.45) is 19.3. The SMILES string of the molecule is Cc1c(C[C@@H]2c3cnc(-c4ccccn4)cc3[C@@H]3C[C@H]2C3(C)C)c(C)c(C[C@@H]2c3cnc(-c4ccccn4)cc3[C@@H]3C[C@H]2C3(C)C)c(C)c1C[C@@H]1c2cnc(-c3ccccn3)cc2[C@@H]2C[C@H]1C2(C)C. The molecule has 0 N–H and O–H groups in total. The average molecular weight is 907 g/mol. The molecule has 3 saturated carbocycles. The van der Waals surface area contributed by atoms with Crippen molar-refractivity contribution in [2.24, 2.45) is 34.0 Å². The van der Waals surface area contributed by atoms with Crippen molar-refractivity contribution in [2.75, 3.05) is 0 Å². The van der Waals surface area contributed by atoms with E-state index in [-0.39, 0.29) is 16.2 Å². The van der Waals surface area contributed by atoms with Gasteiger partial charge in [-0.05, 0) is 250 Å². The molecule has 6 nitrogen and oxygen atoms in total. The zero-order valence-electron chi connectivity index (χ0n) is 42.0. The Bertz CT molecular complexity index is 2830. The fraction of sp³-hybridized carbons (Fsp3) is 0.429. The van der Waals surface area contributed by atoms with Gasteiger partial charge >= 0.3 is 0 Å². The van der Waals surface area contributed by atoms with Gasteiger partial charge in [-0.25, -0.2) is 0 Å². The van der Waals surface area contributed by atoms with E-state index in [9.17, 15) is 0 Å². The number of hydrogen-bond acceptors (Lipinski definition) is 6. The van der Waals surface area contributed by atoms with Gasteiger partial charge in [0.2, 0.25) is 0 Å². The fourth-order valence-corrected chi connectivity index (χ4v) is 16.1. The molecule has 9 aliphatic carbocycles. The number of pyridine rings is 6. The quantitative estimate of drug-likeness (QED) is 0.144. The third-order valence-corrected chi connectivity index (χ3v) is 20.5. The van der Waals surface area contributed by atoms with Crippen molar-refractivity contribution in [1.82, 2.24) is 29.9 Å². The highest BCUT2D eigenvalue weighted by atomic mass is 14.8. The lowest BCUT2D eigenvalue weighted by atomic mass is 9.43. The normalized spacial score (nSPS) is 27.7. The van der Waals surface area contributed by atoms with Crippen LogP contribution in [0.1, 0.15) is 163 Å². The summed E-state index contributed by atoms with van der Waals surface area (Å²) >= 11 is 0. The number of rotatable bonds is 9. The van der Waals surface area contributed by atoms with Crippen LogP contribution in [0, 0.1) is 54.8 Å². The minimum Gasteiger partial charge on any atom is -0.255 e. The highest BCUT2D eigenvalue weighted by Gasteiger charge is 2.59. The van der Waals surface area contributed by atoms with Crippen molar-refractivity contribution in [1.29, 1.82) is 0 Å². The first-order chi connectivity index (χ1) is 33.2. The second-order valence-electron chi connectivity index (χ2n) is 24.1. The molecule has 16 rings (SSSR count). The number of benzene rings is 1. The summed E-state index contributed by atoms with van der Waals surface area (Å²) < 4.78 is 0. The highest BCUT2D eigenvalue weighted by molar-refractivity contribution is 5.62. The van der Waals surface area contributed by atoms with Gasteiger partial charge in [0, 0.05) is 37.2 Å². The Morgan fingerprint density at radius 2 is 0.667 bits per heavy atom. The van der Waals surface area contributed by atoms with Gasteiger partial charge in [-0.15, -0.1) is 0 Å². The van der Waals surface area contributed by atoms with Crippen LogP contribution >= 0.6 is 0 Å². The molecule has 0 radical (unpaired) electrons. The van der Waals surface area contributed by atoms with E-state index in [1.165, 1.54) is 69.3 Å². The Labute approximate surface area is 409 Å². The minimum atomic E-state index is 0.219. The van der Waals surface area contributed by atoms with E-state index in [1.54, 1.807) is 16.7 Å². The van der Waals surface area contributed by atoms with Crippen LogP contribution in [0.2, 0.25) is 0 Å². The third kappa shape index (κ3) is 6.28. The second kappa shape index (κ2) is 15.3. The molecule has 0 unspecified atom stereocenters. The first-order valence-electron chi connectivity index (χ1n) is 26.1. The van der Waals surface area contributed by atoms with E-state index in [0.717, 1.165) is 53.4 Å². The molecule has 348 valence electrons. The Morgan fingerprint density at radius 1 is 0.377 bits per heavy atom. The van der Waals surface area contributed by atoms with Crippen molar-refractivity contribution in [3.8, 4) is 34.2 Å². The summed E-state index contributed by atoms with van der Waals surface area (Å²) in [5.41, 5.74) is 24.7. The number of nitrogens with zero attached hydrogens (tertiary/aromatic N) is 6. The summed E-state index contributed by atoms with van der Waals surface area (Å²) in [5.74, 6) is 4.68. The Balaban J connectivity index is 0.945. The first kappa shape index (κ1) is 43.2. The van der Waals surface area contributed by atoms with Gasteiger partial charge in [0.05, 0.1) is 34.2 Å². The lowest BCUT2D eigenvalue weighted by Crippen LogP contribution is -2.51. The standard InChI is InChI=1S/C63H66N6/c1-34-37(22-40-46-31-67-58(55-16-10-13-19-64-55)25-43(46)52-28-49(40)61(52,4)5)35(2)39(24-42-48-33-69-60(57-18-12-15-21-66-57)27-45(48)54-30-51(42)63(54,8)9)36(3)38(34)23-41-47-32-68-59(56-17-11-14-20-65-56)26-44(47)53-29-50(41)62(53,6)7/h10-21,25-27,31-33,40-42,49-54H,22-24,28-30H2,1-9H3/t40-,41-,42-,49-,50-,51-,52+,53+,54+/m1/s1. The van der Waals surface area contributed by atoms with Gasteiger partial charge in [-0.1, -0.05) is 59.7 Å². The molecule has 0 amide bonds. The van der Waals surface area contributed by atoms with Gasteiger partial charge in [0.1, 0.15) is 0 Å². The molecular weight excluding hydrogens is 841 g/mol. The Morgan fingerprint density at radius 3 is 0.913 bits per heavy atom. The topological polar surface area (TPSA) is 77.3 Å². The zero-order chi connectivity index (χ0) is 47.3. The Hall–Kier alpha value is -5.88. The average Bonchev–Trinajstić information content (AvgIpc) is 3.37. The van der Waals surface area contributed by atoms with E-state index in [0.29, 0.717) is 53.3 Å². The molecule has 9 aliphatic rings. The maximum absolute atomic E-state index is 5.17. The highest BCUT2D eigenvalue weighted by Crippen LogP contribution is 2.70. The van der Waals surface area contributed by atoms with Gasteiger partial charge < -0.3 is 0 Å². The van der Waals surface area contributed by atoms with E-state index >= 15 is 0 Å². The largest absolute Gasteiger partial charge is 0.255 e. The third-order valence-electron chi connectivity index (χ3n) is 20.5. The van der Waals surface area contributed by atoms with Crippen molar-refractivity contribution in [3.05, 3.63) is 177 Å². The Kier molecular flexibility index (Phi) is 9.58. The van der Waals surface area contributed by atoms with Crippen molar-refractivity contribution in [2.45, 2.75) is 136 Å². The van der Waals surface area contributed by atoms with Crippen LogP contribution in [0.4, 0.5) is 0 Å². The molecule has 7 aromatic rings. The molecule has 3 fully saturated rings. The van der Waals surface area contributed by atoms with Crippen LogP contribution in [0.15, 0.2) is 110 Å². The number of hydrogen-bond donors (Lipinski definition) is 0. The predicted molar refractivity (Wildman–Crippen MR) is 276 cm³/mol. The number of aromatic nitrogens is 6. The van der Waals surface area contributed by atoms with Crippen LogP contribution in [-0.2, 0) is 19.3 Å². The molecule has 9 atom stereocenters. The van der Waals surface area contributed by atoms with Crippen molar-refractivity contribution >= 4 is 0 Å². The lowest BCUT2D eigenvalue weighted by molar-refractivity contribution is -0.00653. The molecule has 0 spiro atoms. The molecular formula is C63H66N6. The van der Waals surface area contributed by atoms with Crippen LogP contribution in [-0.4, -0.2) is 29.9 Å². The van der Waals surface area contributed by atoms with Crippen LogP contribution < -0.4 is 0 Å². The molecule has 6 heteroatoms. The summed E-state index contributed by atoms with van der Waals surface area (Å²) in [5, 5.41) is 0. The van der Waals surface area contributed by atoms with Gasteiger partial charge in [0.25, 0.3) is 0 Å². The minimum absolute atomic E-state index is 0.219. The van der Waals surface area contributed by atoms with E-state index in [2.05, 4.69) is 136 Å². The maximum Gasteiger partial charge on any atom is 0.0889 e. The smallest absolute Gasteiger partial charge is 0.0889 e. The molecule has 1 aromatic carbocycles. The molecule has 0 aliphatic heterocycles. The van der Waals surface area contributed by atoms with Crippen molar-refractivity contribution in [3.63, 3.8) is 0 Å². The summed E-state index contributed by atoms with van der Waals surface area (Å²) in [6.45, 7) is 22.7. The van der Waals surface area contributed by atoms with Gasteiger partial charge in [-0.2, -0.15) is 0 Å². The maximum atomic E-state index is 5.17. The van der Waals surface area contributed by atoms with Gasteiger partial charge in [0.15, 0.2) is 0 Å². The van der Waals surface area contributed by atoms with E-state index < -0.39 is 0 Å². The molecule has 6 aromatic heterocycles.